The summed E-state index contributed by atoms with van der Waals surface area (Å²) in [6.07, 6.45) is 1.92. The van der Waals surface area contributed by atoms with Crippen LogP contribution in [0.5, 0.6) is 0 Å². The number of aryl methyl sites for hydroxylation is 1. The van der Waals surface area contributed by atoms with E-state index < -0.39 is 17.6 Å². The van der Waals surface area contributed by atoms with Crippen LogP contribution in [-0.2, 0) is 16.1 Å². The van der Waals surface area contributed by atoms with Crippen molar-refractivity contribution in [1.82, 2.24) is 19.7 Å². The van der Waals surface area contributed by atoms with Gasteiger partial charge in [0.05, 0.1) is 5.56 Å². The summed E-state index contributed by atoms with van der Waals surface area (Å²) in [4.78, 5) is 41.9. The normalized spacial score (nSPS) is 20.3. The number of carbonyl (C=O) groups excluding carboxylic acids is 2. The van der Waals surface area contributed by atoms with Gasteiger partial charge in [0, 0.05) is 43.3 Å². The second kappa shape index (κ2) is 10.1. The molecule has 1 aromatic heterocycles. The fraction of sp³-hybridized carbons (Fsp3) is 0.536. The SMILES string of the molecule is CCN1C(=O)C(CC(C)C)NC(=O)C12CCN(Cc1cc(C)n(-c3ccc(C(=O)O)cc3)c1C)CC2. The average molecular weight is 495 g/mol. The lowest BCUT2D eigenvalue weighted by molar-refractivity contribution is -0.161. The highest BCUT2D eigenvalue weighted by Crippen LogP contribution is 2.34. The number of carboxylic acids is 1. The molecule has 1 aromatic carbocycles. The van der Waals surface area contributed by atoms with E-state index in [-0.39, 0.29) is 17.4 Å². The van der Waals surface area contributed by atoms with Crippen LogP contribution in [0.1, 0.15) is 67.3 Å². The number of hydrogen-bond acceptors (Lipinski definition) is 4. The first-order valence-corrected chi connectivity index (χ1v) is 12.9. The number of piperidine rings is 1. The van der Waals surface area contributed by atoms with Crippen molar-refractivity contribution in [2.24, 2.45) is 5.92 Å². The van der Waals surface area contributed by atoms with Gasteiger partial charge in [-0.15, -0.1) is 0 Å². The maximum absolute atomic E-state index is 13.3. The van der Waals surface area contributed by atoms with Gasteiger partial charge in [0.15, 0.2) is 0 Å². The summed E-state index contributed by atoms with van der Waals surface area (Å²) in [5, 5.41) is 12.2. The quantitative estimate of drug-likeness (QED) is 0.614. The van der Waals surface area contributed by atoms with E-state index in [2.05, 4.69) is 48.5 Å². The number of amides is 2. The van der Waals surface area contributed by atoms with Crippen LogP contribution in [-0.4, -0.2) is 68.5 Å². The summed E-state index contributed by atoms with van der Waals surface area (Å²) < 4.78 is 2.15. The Bertz CT molecular complexity index is 1140. The summed E-state index contributed by atoms with van der Waals surface area (Å²) in [5.74, 6) is -0.548. The first kappa shape index (κ1) is 25.9. The number of hydrogen-bond donors (Lipinski definition) is 2. The molecule has 0 saturated carbocycles. The van der Waals surface area contributed by atoms with Crippen molar-refractivity contribution < 1.29 is 19.5 Å². The zero-order valence-corrected chi connectivity index (χ0v) is 22.0. The van der Waals surface area contributed by atoms with Gasteiger partial charge in [-0.1, -0.05) is 13.8 Å². The molecular formula is C28H38N4O4. The standard InChI is InChI=1S/C28H38N4O4/c1-6-31-25(33)24(15-18(2)3)29-27(36)28(31)11-13-30(14-12-28)17-22-16-19(4)32(20(22)5)23-9-7-21(8-10-23)26(34)35/h7-10,16,18,24H,6,11-15,17H2,1-5H3,(H,29,36)(H,34,35). The van der Waals surface area contributed by atoms with E-state index in [0.717, 1.165) is 36.7 Å². The Balaban J connectivity index is 1.47. The van der Waals surface area contributed by atoms with Crippen LogP contribution in [0.3, 0.4) is 0 Å². The number of piperazine rings is 1. The zero-order valence-electron chi connectivity index (χ0n) is 22.0. The molecule has 1 atom stereocenters. The number of nitrogens with zero attached hydrogens (tertiary/aromatic N) is 3. The molecule has 0 bridgehead atoms. The smallest absolute Gasteiger partial charge is 0.335 e. The van der Waals surface area contributed by atoms with Gasteiger partial charge in [-0.05, 0) is 81.8 Å². The molecule has 2 N–H and O–H groups in total. The Morgan fingerprint density at radius 3 is 2.33 bits per heavy atom. The molecule has 2 aromatic rings. The predicted octanol–water partition coefficient (Wildman–Crippen LogP) is 3.52. The topological polar surface area (TPSA) is 94.9 Å². The number of carbonyl (C=O) groups is 3. The van der Waals surface area contributed by atoms with Crippen LogP contribution in [0.2, 0.25) is 0 Å². The third-order valence-electron chi connectivity index (χ3n) is 7.82. The van der Waals surface area contributed by atoms with Gasteiger partial charge in [-0.3, -0.25) is 14.5 Å². The Kier molecular flexibility index (Phi) is 7.27. The van der Waals surface area contributed by atoms with Crippen LogP contribution in [0, 0.1) is 19.8 Å². The number of rotatable bonds is 7. The fourth-order valence-corrected chi connectivity index (χ4v) is 5.92. The number of likely N-dealkylation sites (tertiary alicyclic amines) is 1. The highest BCUT2D eigenvalue weighted by Gasteiger charge is 2.52. The molecule has 4 rings (SSSR count). The van der Waals surface area contributed by atoms with Crippen molar-refractivity contribution in [1.29, 1.82) is 0 Å². The van der Waals surface area contributed by atoms with Gasteiger partial charge < -0.3 is 19.9 Å². The molecule has 8 heteroatoms. The largest absolute Gasteiger partial charge is 0.478 e. The molecule has 1 spiro atoms. The third-order valence-corrected chi connectivity index (χ3v) is 7.82. The van der Waals surface area contributed by atoms with Crippen LogP contribution in [0.15, 0.2) is 30.3 Å². The Labute approximate surface area is 213 Å². The van der Waals surface area contributed by atoms with Crippen molar-refractivity contribution in [2.45, 2.75) is 72.0 Å². The van der Waals surface area contributed by atoms with Gasteiger partial charge in [0.1, 0.15) is 11.6 Å². The summed E-state index contributed by atoms with van der Waals surface area (Å²) in [6.45, 7) is 13.0. The van der Waals surface area contributed by atoms with Crippen LogP contribution < -0.4 is 5.32 Å². The lowest BCUT2D eigenvalue weighted by Gasteiger charge is -2.51. The van der Waals surface area contributed by atoms with E-state index in [9.17, 15) is 19.5 Å². The van der Waals surface area contributed by atoms with Crippen molar-refractivity contribution in [3.8, 4) is 5.69 Å². The second-order valence-corrected chi connectivity index (χ2v) is 10.6. The summed E-state index contributed by atoms with van der Waals surface area (Å²) in [7, 11) is 0. The highest BCUT2D eigenvalue weighted by atomic mass is 16.4. The first-order chi connectivity index (χ1) is 17.1. The second-order valence-electron chi connectivity index (χ2n) is 10.6. The van der Waals surface area contributed by atoms with Crippen molar-refractivity contribution in [3.63, 3.8) is 0 Å². The van der Waals surface area contributed by atoms with Crippen LogP contribution >= 0.6 is 0 Å². The number of aromatic carboxylic acids is 1. The Hall–Kier alpha value is -3.13. The van der Waals surface area contributed by atoms with E-state index in [1.807, 2.05) is 24.0 Å². The molecule has 2 saturated heterocycles. The third kappa shape index (κ3) is 4.66. The first-order valence-electron chi connectivity index (χ1n) is 12.9. The van der Waals surface area contributed by atoms with Gasteiger partial charge in [0.2, 0.25) is 11.8 Å². The van der Waals surface area contributed by atoms with Crippen molar-refractivity contribution in [2.75, 3.05) is 19.6 Å². The van der Waals surface area contributed by atoms with E-state index in [1.54, 1.807) is 12.1 Å². The molecular weight excluding hydrogens is 456 g/mol. The molecule has 2 amide bonds. The summed E-state index contributed by atoms with van der Waals surface area (Å²) >= 11 is 0. The van der Waals surface area contributed by atoms with E-state index in [0.29, 0.717) is 31.7 Å². The number of likely N-dealkylation sites (N-methyl/N-ethyl adjacent to an activating group) is 1. The van der Waals surface area contributed by atoms with E-state index in [1.165, 1.54) is 5.56 Å². The number of nitrogens with one attached hydrogen (secondary N) is 1. The van der Waals surface area contributed by atoms with Crippen molar-refractivity contribution in [3.05, 3.63) is 52.8 Å². The van der Waals surface area contributed by atoms with Crippen LogP contribution in [0.25, 0.3) is 5.69 Å². The molecule has 1 unspecified atom stereocenters. The molecule has 36 heavy (non-hydrogen) atoms. The van der Waals surface area contributed by atoms with E-state index >= 15 is 0 Å². The number of benzene rings is 1. The maximum atomic E-state index is 13.3. The van der Waals surface area contributed by atoms with E-state index in [4.69, 9.17) is 0 Å². The van der Waals surface area contributed by atoms with Crippen LogP contribution in [0.4, 0.5) is 0 Å². The van der Waals surface area contributed by atoms with Gasteiger partial charge in [-0.25, -0.2) is 4.79 Å². The van der Waals surface area contributed by atoms with Gasteiger partial charge in [-0.2, -0.15) is 0 Å². The predicted molar refractivity (Wildman–Crippen MR) is 138 cm³/mol. The highest BCUT2D eigenvalue weighted by molar-refractivity contribution is 6.00. The summed E-state index contributed by atoms with van der Waals surface area (Å²) in [6, 6.07) is 8.68. The molecule has 2 aliphatic rings. The molecule has 194 valence electrons. The van der Waals surface area contributed by atoms with Gasteiger partial charge in [0.25, 0.3) is 0 Å². The number of aromatic nitrogens is 1. The Morgan fingerprint density at radius 1 is 1.14 bits per heavy atom. The lowest BCUT2D eigenvalue weighted by atomic mass is 9.81. The minimum atomic E-state index is -0.934. The Morgan fingerprint density at radius 2 is 1.78 bits per heavy atom. The number of carboxylic acid groups (broad SMARTS) is 1. The molecule has 8 nitrogen and oxygen atoms in total. The zero-order chi connectivity index (χ0) is 26.2. The minimum absolute atomic E-state index is 0.00256. The molecule has 0 aliphatic carbocycles. The monoisotopic (exact) mass is 494 g/mol. The fourth-order valence-electron chi connectivity index (χ4n) is 5.92. The molecule has 2 aliphatic heterocycles. The minimum Gasteiger partial charge on any atom is -0.478 e. The molecule has 3 heterocycles. The molecule has 2 fully saturated rings. The lowest BCUT2D eigenvalue weighted by Crippen LogP contribution is -2.72. The van der Waals surface area contributed by atoms with Crippen molar-refractivity contribution >= 4 is 17.8 Å². The summed E-state index contributed by atoms with van der Waals surface area (Å²) in [5.41, 5.74) is 3.87. The maximum Gasteiger partial charge on any atom is 0.335 e. The average Bonchev–Trinajstić information content (AvgIpc) is 3.11. The van der Waals surface area contributed by atoms with Gasteiger partial charge >= 0.3 is 5.97 Å². The molecule has 0 radical (unpaired) electrons.